The van der Waals surface area contributed by atoms with Crippen molar-refractivity contribution in [1.29, 1.82) is 0 Å². The molecule has 3 N–H and O–H groups in total. The standard InChI is InChI=1S/C30H56N2O/c1-4-5-6-7-8-9-10-11-12-13-15-27(29(2,3)31)16-14-17-32-28(33)30-21-24-18-25(22-30)20-26(19-24)23-30/h24-27H,4-23,31H2,1-3H3,(H,32,33). The van der Waals surface area contributed by atoms with Crippen molar-refractivity contribution in [3.63, 3.8) is 0 Å². The average molecular weight is 461 g/mol. The van der Waals surface area contributed by atoms with Crippen LogP contribution in [0.15, 0.2) is 0 Å². The summed E-state index contributed by atoms with van der Waals surface area (Å²) in [6, 6.07) is 0. The van der Waals surface area contributed by atoms with Gasteiger partial charge in [-0.05, 0) is 95.3 Å². The van der Waals surface area contributed by atoms with Crippen LogP contribution in [0.5, 0.6) is 0 Å². The van der Waals surface area contributed by atoms with Gasteiger partial charge in [0, 0.05) is 17.5 Å². The molecule has 1 atom stereocenters. The highest BCUT2D eigenvalue weighted by molar-refractivity contribution is 5.83. The Morgan fingerprint density at radius 1 is 0.818 bits per heavy atom. The Kier molecular flexibility index (Phi) is 10.6. The third-order valence-corrected chi connectivity index (χ3v) is 9.49. The lowest BCUT2D eigenvalue weighted by Crippen LogP contribution is -2.53. The summed E-state index contributed by atoms with van der Waals surface area (Å²) < 4.78 is 0. The highest BCUT2D eigenvalue weighted by atomic mass is 16.2. The molecule has 0 aromatic carbocycles. The van der Waals surface area contributed by atoms with E-state index in [9.17, 15) is 4.79 Å². The smallest absolute Gasteiger partial charge is 0.226 e. The molecule has 1 amide bonds. The summed E-state index contributed by atoms with van der Waals surface area (Å²) in [5.74, 6) is 3.46. The Balaban J connectivity index is 1.27. The molecule has 4 rings (SSSR count). The maximum Gasteiger partial charge on any atom is 0.226 e. The Morgan fingerprint density at radius 3 is 1.76 bits per heavy atom. The van der Waals surface area contributed by atoms with Crippen LogP contribution >= 0.6 is 0 Å². The molecule has 4 aliphatic rings. The first-order chi connectivity index (χ1) is 15.8. The van der Waals surface area contributed by atoms with Gasteiger partial charge in [-0.15, -0.1) is 0 Å². The van der Waals surface area contributed by atoms with Crippen LogP contribution in [-0.4, -0.2) is 18.0 Å². The molecule has 4 saturated carbocycles. The summed E-state index contributed by atoms with van der Waals surface area (Å²) in [7, 11) is 0. The molecule has 1 unspecified atom stereocenters. The summed E-state index contributed by atoms with van der Waals surface area (Å²) in [6.45, 7) is 7.52. The molecule has 3 nitrogen and oxygen atoms in total. The number of rotatable bonds is 17. The van der Waals surface area contributed by atoms with Crippen LogP contribution < -0.4 is 11.1 Å². The Morgan fingerprint density at radius 2 is 1.27 bits per heavy atom. The summed E-state index contributed by atoms with van der Waals surface area (Å²) in [4.78, 5) is 13.2. The zero-order valence-electron chi connectivity index (χ0n) is 22.4. The van der Waals surface area contributed by atoms with Crippen molar-refractivity contribution in [2.75, 3.05) is 6.54 Å². The van der Waals surface area contributed by atoms with E-state index in [4.69, 9.17) is 5.73 Å². The number of carbonyl (C=O) groups is 1. The molecule has 0 aromatic heterocycles. The van der Waals surface area contributed by atoms with Gasteiger partial charge < -0.3 is 11.1 Å². The molecular formula is C30H56N2O. The van der Waals surface area contributed by atoms with Gasteiger partial charge in [-0.25, -0.2) is 0 Å². The van der Waals surface area contributed by atoms with Gasteiger partial charge in [0.15, 0.2) is 0 Å². The van der Waals surface area contributed by atoms with Gasteiger partial charge in [0.25, 0.3) is 0 Å². The molecule has 0 radical (unpaired) electrons. The zero-order valence-corrected chi connectivity index (χ0v) is 22.4. The second kappa shape index (κ2) is 12.9. The first kappa shape index (κ1) is 27.0. The van der Waals surface area contributed by atoms with Gasteiger partial charge in [0.05, 0.1) is 0 Å². The van der Waals surface area contributed by atoms with Gasteiger partial charge in [-0.1, -0.05) is 71.1 Å². The van der Waals surface area contributed by atoms with Crippen LogP contribution in [0.3, 0.4) is 0 Å². The van der Waals surface area contributed by atoms with Crippen molar-refractivity contribution < 1.29 is 4.79 Å². The normalized spacial score (nSPS) is 29.4. The van der Waals surface area contributed by atoms with Crippen molar-refractivity contribution in [2.45, 2.75) is 148 Å². The minimum atomic E-state index is -0.122. The SMILES string of the molecule is CCCCCCCCCCCCC(CCCNC(=O)C12CC3CC(CC(C3)C1)C2)C(C)(C)N. The number of carbonyl (C=O) groups excluding carboxylic acids is 1. The van der Waals surface area contributed by atoms with Gasteiger partial charge in [0.1, 0.15) is 0 Å². The maximum atomic E-state index is 13.2. The highest BCUT2D eigenvalue weighted by Crippen LogP contribution is 2.60. The largest absolute Gasteiger partial charge is 0.356 e. The monoisotopic (exact) mass is 460 g/mol. The van der Waals surface area contributed by atoms with E-state index in [1.165, 1.54) is 109 Å². The highest BCUT2D eigenvalue weighted by Gasteiger charge is 2.54. The Bertz CT molecular complexity index is 543. The number of unbranched alkanes of at least 4 members (excludes halogenated alkanes) is 9. The van der Waals surface area contributed by atoms with E-state index in [2.05, 4.69) is 26.1 Å². The van der Waals surface area contributed by atoms with Crippen LogP contribution in [0.1, 0.15) is 143 Å². The fourth-order valence-corrected chi connectivity index (χ4v) is 7.89. The first-order valence-corrected chi connectivity index (χ1v) is 14.9. The second-order valence-corrected chi connectivity index (χ2v) is 13.1. The molecule has 4 fully saturated rings. The lowest BCUT2D eigenvalue weighted by atomic mass is 9.49. The van der Waals surface area contributed by atoms with Gasteiger partial charge in [-0.3, -0.25) is 4.79 Å². The van der Waals surface area contributed by atoms with Crippen molar-refractivity contribution in [2.24, 2.45) is 34.8 Å². The molecule has 0 heterocycles. The number of nitrogens with two attached hydrogens (primary N) is 1. The van der Waals surface area contributed by atoms with Crippen molar-refractivity contribution in [3.05, 3.63) is 0 Å². The van der Waals surface area contributed by atoms with Crippen molar-refractivity contribution >= 4 is 5.91 Å². The van der Waals surface area contributed by atoms with Crippen molar-refractivity contribution in [3.8, 4) is 0 Å². The summed E-state index contributed by atoms with van der Waals surface area (Å²) in [5, 5.41) is 3.38. The van der Waals surface area contributed by atoms with Gasteiger partial charge in [-0.2, -0.15) is 0 Å². The van der Waals surface area contributed by atoms with Crippen LogP contribution in [0.2, 0.25) is 0 Å². The fraction of sp³-hybridized carbons (Fsp3) is 0.967. The van der Waals surface area contributed by atoms with Crippen LogP contribution in [0.4, 0.5) is 0 Å². The minimum Gasteiger partial charge on any atom is -0.356 e. The minimum absolute atomic E-state index is 0.00269. The van der Waals surface area contributed by atoms with Crippen LogP contribution in [0, 0.1) is 29.1 Å². The summed E-state index contributed by atoms with van der Waals surface area (Å²) in [5.41, 5.74) is 6.43. The van der Waals surface area contributed by atoms with E-state index < -0.39 is 0 Å². The molecule has 4 bridgehead atoms. The first-order valence-electron chi connectivity index (χ1n) is 14.9. The summed E-state index contributed by atoms with van der Waals surface area (Å²) >= 11 is 0. The van der Waals surface area contributed by atoms with E-state index in [0.717, 1.165) is 37.1 Å². The molecule has 4 aliphatic carbocycles. The van der Waals surface area contributed by atoms with Crippen molar-refractivity contribution in [1.82, 2.24) is 5.32 Å². The third-order valence-electron chi connectivity index (χ3n) is 9.49. The van der Waals surface area contributed by atoms with E-state index in [0.29, 0.717) is 11.8 Å². The predicted molar refractivity (Wildman–Crippen MR) is 141 cm³/mol. The second-order valence-electron chi connectivity index (χ2n) is 13.1. The molecule has 0 aromatic rings. The van der Waals surface area contributed by atoms with Crippen LogP contribution in [-0.2, 0) is 4.79 Å². The van der Waals surface area contributed by atoms with Gasteiger partial charge >= 0.3 is 0 Å². The van der Waals surface area contributed by atoms with Gasteiger partial charge in [0.2, 0.25) is 5.91 Å². The molecule has 192 valence electrons. The number of amides is 1. The predicted octanol–water partition coefficient (Wildman–Crippen LogP) is 7.76. The quantitative estimate of drug-likeness (QED) is 0.218. The topological polar surface area (TPSA) is 55.1 Å². The van der Waals surface area contributed by atoms with Crippen LogP contribution in [0.25, 0.3) is 0 Å². The maximum absolute atomic E-state index is 13.2. The van der Waals surface area contributed by atoms with E-state index in [1.54, 1.807) is 0 Å². The Labute approximate surface area is 205 Å². The zero-order chi connectivity index (χ0) is 23.7. The lowest BCUT2D eigenvalue weighted by molar-refractivity contribution is -0.146. The lowest BCUT2D eigenvalue weighted by Gasteiger charge is -2.55. The third kappa shape index (κ3) is 8.25. The number of nitrogens with one attached hydrogen (secondary N) is 1. The number of hydrogen-bond acceptors (Lipinski definition) is 2. The Hall–Kier alpha value is -0.570. The van der Waals surface area contributed by atoms with E-state index >= 15 is 0 Å². The molecule has 3 heteroatoms. The molecule has 0 saturated heterocycles. The van der Waals surface area contributed by atoms with E-state index in [-0.39, 0.29) is 11.0 Å². The average Bonchev–Trinajstić information content (AvgIpc) is 2.74. The molecular weight excluding hydrogens is 404 g/mol. The number of hydrogen-bond donors (Lipinski definition) is 2. The molecule has 0 aliphatic heterocycles. The molecule has 0 spiro atoms. The summed E-state index contributed by atoms with van der Waals surface area (Å²) in [6.07, 6.45) is 25.0. The molecule has 33 heavy (non-hydrogen) atoms. The fourth-order valence-electron chi connectivity index (χ4n) is 7.89. The van der Waals surface area contributed by atoms with E-state index in [1.807, 2.05) is 0 Å².